The number of carbonyl (C=O) groups excluding carboxylic acids is 1. The zero-order valence-electron chi connectivity index (χ0n) is 23.2. The van der Waals surface area contributed by atoms with Gasteiger partial charge in [0.2, 0.25) is 5.91 Å². The van der Waals surface area contributed by atoms with Gasteiger partial charge in [0.15, 0.2) is 0 Å². The van der Waals surface area contributed by atoms with Gasteiger partial charge in [-0.15, -0.1) is 0 Å². The lowest BCUT2D eigenvalue weighted by Crippen LogP contribution is -2.44. The van der Waals surface area contributed by atoms with Gasteiger partial charge in [0, 0.05) is 34.8 Å². The summed E-state index contributed by atoms with van der Waals surface area (Å²) in [5.41, 5.74) is 3.66. The number of nitrogens with one attached hydrogen (secondary N) is 1. The molecule has 2 N–H and O–H groups in total. The maximum absolute atomic E-state index is 12.9. The third-order valence-electron chi connectivity index (χ3n) is 8.96. The minimum atomic E-state index is -0.458. The van der Waals surface area contributed by atoms with Gasteiger partial charge < -0.3 is 14.7 Å². The first-order chi connectivity index (χ1) is 18.8. The lowest BCUT2D eigenvalue weighted by Gasteiger charge is -2.42. The van der Waals surface area contributed by atoms with Gasteiger partial charge in [-0.2, -0.15) is 0 Å². The average Bonchev–Trinajstić information content (AvgIpc) is 3.08. The number of nitrogens with zero attached hydrogens (tertiary/aromatic N) is 1. The van der Waals surface area contributed by atoms with Crippen molar-refractivity contribution in [2.45, 2.75) is 69.8 Å². The van der Waals surface area contributed by atoms with Gasteiger partial charge in [-0.25, -0.2) is 0 Å². The van der Waals surface area contributed by atoms with E-state index in [4.69, 9.17) is 16.3 Å². The van der Waals surface area contributed by atoms with Gasteiger partial charge in [0.1, 0.15) is 5.75 Å². The second-order valence-electron chi connectivity index (χ2n) is 11.6. The molecule has 6 atom stereocenters. The van der Waals surface area contributed by atoms with E-state index in [9.17, 15) is 9.90 Å². The summed E-state index contributed by atoms with van der Waals surface area (Å²) in [5.74, 6) is 1.83. The topological polar surface area (TPSA) is 61.8 Å². The van der Waals surface area contributed by atoms with E-state index in [1.807, 2.05) is 31.2 Å². The number of anilines is 1. The van der Waals surface area contributed by atoms with Crippen LogP contribution in [0.25, 0.3) is 0 Å². The zero-order chi connectivity index (χ0) is 27.5. The van der Waals surface area contributed by atoms with Crippen molar-refractivity contribution < 1.29 is 14.6 Å². The van der Waals surface area contributed by atoms with Crippen LogP contribution in [0.3, 0.4) is 0 Å². The summed E-state index contributed by atoms with van der Waals surface area (Å²) in [7, 11) is 0. The number of halogens is 1. The van der Waals surface area contributed by atoms with Crippen LogP contribution in [0, 0.1) is 23.7 Å². The van der Waals surface area contributed by atoms with Crippen molar-refractivity contribution in [2.24, 2.45) is 23.7 Å². The number of carbonyl (C=O) groups is 1. The standard InChI is InChI=1S/C32H41ClN2O3S/c1-4-6-22-15-25(33)10-13-27(22)24-18-35-17-23-9-12-28(23)30(36)8-5-7-20(2)21(3)32(37)34-39-26-11-14-31(38-19-24)29(35)16-26/h5,8,10-11,13-16,20-21,23-24,28,30,36H,4,6-7,9,12,17-19H2,1-3H3,(H,34,37)/b8-5+. The Bertz CT molecular complexity index is 1200. The highest BCUT2D eigenvalue weighted by Crippen LogP contribution is 2.43. The number of ether oxygens (including phenoxy) is 1. The molecule has 5 nitrogen and oxygen atoms in total. The molecule has 6 unspecified atom stereocenters. The molecule has 7 heteroatoms. The number of amides is 1. The molecular formula is C32H41ClN2O3S. The first kappa shape index (κ1) is 28.4. The van der Waals surface area contributed by atoms with E-state index in [-0.39, 0.29) is 29.6 Å². The van der Waals surface area contributed by atoms with Crippen LogP contribution >= 0.6 is 23.5 Å². The molecule has 1 amide bonds. The molecule has 0 spiro atoms. The van der Waals surface area contributed by atoms with E-state index in [1.54, 1.807) is 0 Å². The number of allylic oxidation sites excluding steroid dienone is 1. The van der Waals surface area contributed by atoms with Gasteiger partial charge in [-0.05, 0) is 96.8 Å². The van der Waals surface area contributed by atoms with Crippen molar-refractivity contribution in [3.05, 3.63) is 64.7 Å². The van der Waals surface area contributed by atoms with E-state index in [2.05, 4.69) is 47.7 Å². The van der Waals surface area contributed by atoms with Gasteiger partial charge >= 0.3 is 0 Å². The summed E-state index contributed by atoms with van der Waals surface area (Å²) >= 11 is 7.77. The lowest BCUT2D eigenvalue weighted by molar-refractivity contribution is -0.123. The van der Waals surface area contributed by atoms with Gasteiger partial charge in [-0.1, -0.05) is 57.0 Å². The Labute approximate surface area is 242 Å². The van der Waals surface area contributed by atoms with Crippen molar-refractivity contribution in [3.63, 3.8) is 0 Å². The number of benzene rings is 2. The maximum atomic E-state index is 12.9. The van der Waals surface area contributed by atoms with E-state index in [0.717, 1.165) is 66.5 Å². The summed E-state index contributed by atoms with van der Waals surface area (Å²) in [6.45, 7) is 8.57. The van der Waals surface area contributed by atoms with E-state index in [1.165, 1.54) is 23.1 Å². The monoisotopic (exact) mass is 568 g/mol. The Morgan fingerprint density at radius 2 is 2.00 bits per heavy atom. The fraction of sp³-hybridized carbons (Fsp3) is 0.531. The number of rotatable bonds is 3. The van der Waals surface area contributed by atoms with Crippen LogP contribution in [0.1, 0.15) is 63.5 Å². The number of aryl methyl sites for hydroxylation is 1. The van der Waals surface area contributed by atoms with Crippen molar-refractivity contribution >= 4 is 35.1 Å². The fourth-order valence-corrected chi connectivity index (χ4v) is 7.06. The molecule has 0 saturated heterocycles. The molecule has 2 aromatic carbocycles. The fourth-order valence-electron chi connectivity index (χ4n) is 6.15. The summed E-state index contributed by atoms with van der Waals surface area (Å²) in [6, 6.07) is 12.5. The molecular weight excluding hydrogens is 528 g/mol. The Hall–Kier alpha value is -2.15. The molecule has 3 aliphatic rings. The van der Waals surface area contributed by atoms with E-state index >= 15 is 0 Å². The molecule has 2 heterocycles. The van der Waals surface area contributed by atoms with Gasteiger partial charge in [-0.3, -0.25) is 9.52 Å². The highest BCUT2D eigenvalue weighted by Gasteiger charge is 2.38. The van der Waals surface area contributed by atoms with Crippen LogP contribution in [-0.2, 0) is 11.2 Å². The molecule has 1 fully saturated rings. The number of aliphatic hydroxyl groups is 1. The number of hydrogen-bond donors (Lipinski definition) is 2. The third-order valence-corrected chi connectivity index (χ3v) is 9.99. The second-order valence-corrected chi connectivity index (χ2v) is 12.9. The predicted octanol–water partition coefficient (Wildman–Crippen LogP) is 7.02. The number of fused-ring (bicyclic) bond motifs is 2. The highest BCUT2D eigenvalue weighted by atomic mass is 35.5. The molecule has 5 rings (SSSR count). The Kier molecular flexibility index (Phi) is 9.15. The Morgan fingerprint density at radius 3 is 2.77 bits per heavy atom. The maximum Gasteiger partial charge on any atom is 0.233 e. The van der Waals surface area contributed by atoms with Crippen molar-refractivity contribution in [3.8, 4) is 5.75 Å². The summed E-state index contributed by atoms with van der Waals surface area (Å²) in [4.78, 5) is 16.3. The van der Waals surface area contributed by atoms with Crippen LogP contribution < -0.4 is 14.4 Å². The first-order valence-electron chi connectivity index (χ1n) is 14.5. The van der Waals surface area contributed by atoms with Crippen LogP contribution in [0.4, 0.5) is 5.69 Å². The average molecular weight is 569 g/mol. The van der Waals surface area contributed by atoms with E-state index < -0.39 is 6.10 Å². The van der Waals surface area contributed by atoms with Crippen LogP contribution in [0.15, 0.2) is 53.4 Å². The number of hydrogen-bond acceptors (Lipinski definition) is 5. The SMILES string of the molecule is CCCc1cc(Cl)ccc1C1COc2ccc3cc2N(C1)CC1CCC1C(O)/C=C/CC(C)C(C)C(=O)NS3. The molecule has 39 heavy (non-hydrogen) atoms. The molecule has 2 aliphatic heterocycles. The summed E-state index contributed by atoms with van der Waals surface area (Å²) in [6.07, 6.45) is 8.55. The minimum absolute atomic E-state index is 0.0295. The van der Waals surface area contributed by atoms with Crippen molar-refractivity contribution in [1.82, 2.24) is 4.72 Å². The normalized spacial score (nSPS) is 30.3. The third kappa shape index (κ3) is 6.44. The summed E-state index contributed by atoms with van der Waals surface area (Å²) in [5, 5.41) is 11.8. The molecule has 2 aromatic rings. The zero-order valence-corrected chi connectivity index (χ0v) is 24.8. The highest BCUT2D eigenvalue weighted by molar-refractivity contribution is 7.98. The Morgan fingerprint density at radius 1 is 1.15 bits per heavy atom. The number of aliphatic hydroxyl groups excluding tert-OH is 1. The summed E-state index contributed by atoms with van der Waals surface area (Å²) < 4.78 is 9.53. The van der Waals surface area contributed by atoms with Crippen LogP contribution in [-0.4, -0.2) is 36.8 Å². The van der Waals surface area contributed by atoms with Crippen LogP contribution in [0.2, 0.25) is 5.02 Å². The van der Waals surface area contributed by atoms with Gasteiger partial charge in [0.25, 0.3) is 0 Å². The molecule has 2 bridgehead atoms. The second kappa shape index (κ2) is 12.6. The quantitative estimate of drug-likeness (QED) is 0.308. The van der Waals surface area contributed by atoms with Crippen molar-refractivity contribution in [2.75, 3.05) is 24.6 Å². The molecule has 1 saturated carbocycles. The van der Waals surface area contributed by atoms with Crippen LogP contribution in [0.5, 0.6) is 5.75 Å². The van der Waals surface area contributed by atoms with Crippen molar-refractivity contribution in [1.29, 1.82) is 0 Å². The minimum Gasteiger partial charge on any atom is -0.491 e. The molecule has 1 aliphatic carbocycles. The molecule has 210 valence electrons. The smallest absolute Gasteiger partial charge is 0.233 e. The largest absolute Gasteiger partial charge is 0.491 e. The lowest BCUT2D eigenvalue weighted by atomic mass is 9.70. The Balaban J connectivity index is 1.49. The van der Waals surface area contributed by atoms with Gasteiger partial charge in [0.05, 0.1) is 18.4 Å². The van der Waals surface area contributed by atoms with E-state index in [0.29, 0.717) is 12.5 Å². The first-order valence-corrected chi connectivity index (χ1v) is 15.6. The molecule has 0 radical (unpaired) electrons. The predicted molar refractivity (Wildman–Crippen MR) is 161 cm³/mol. The molecule has 0 aromatic heterocycles.